The number of sulfonamides is 1. The van der Waals surface area contributed by atoms with Crippen LogP contribution in [0.5, 0.6) is 0 Å². The van der Waals surface area contributed by atoms with E-state index in [1.54, 1.807) is 38.1 Å². The lowest BCUT2D eigenvalue weighted by Gasteiger charge is -2.07. The largest absolute Gasteiger partial charge is 0.244 e. The van der Waals surface area contributed by atoms with Crippen LogP contribution in [0.4, 0.5) is 0 Å². The van der Waals surface area contributed by atoms with E-state index in [1.165, 1.54) is 4.31 Å². The first kappa shape index (κ1) is 12.1. The molecule has 0 saturated carbocycles. The molecule has 4 nitrogen and oxygen atoms in total. The molecule has 17 heavy (non-hydrogen) atoms. The topological polar surface area (TPSA) is 60.9 Å². The number of benzene rings is 1. The molecule has 1 aromatic rings. The monoisotopic (exact) mass is 250 g/mol. The Hall–Kier alpha value is -1.38. The molecule has 1 aliphatic heterocycles. The zero-order chi connectivity index (χ0) is 12.8. The van der Waals surface area contributed by atoms with Crippen molar-refractivity contribution in [1.82, 2.24) is 4.31 Å². The molecular weight excluding hydrogens is 236 g/mol. The highest BCUT2D eigenvalue weighted by Crippen LogP contribution is 2.44. The molecule has 0 amide bonds. The van der Waals surface area contributed by atoms with Crippen molar-refractivity contribution >= 4 is 10.0 Å². The van der Waals surface area contributed by atoms with E-state index in [0.29, 0.717) is 0 Å². The maximum absolute atomic E-state index is 12.3. The average molecular weight is 250 g/mol. The third-order valence-corrected chi connectivity index (χ3v) is 5.44. The van der Waals surface area contributed by atoms with Crippen LogP contribution in [0.3, 0.4) is 0 Å². The number of nitriles is 1. The average Bonchev–Trinajstić information content (AvgIpc) is 2.84. The van der Waals surface area contributed by atoms with Crippen LogP contribution in [-0.4, -0.2) is 24.3 Å². The van der Waals surface area contributed by atoms with Crippen molar-refractivity contribution in [3.8, 4) is 6.07 Å². The van der Waals surface area contributed by atoms with Crippen molar-refractivity contribution in [3.63, 3.8) is 0 Å². The lowest BCUT2D eigenvalue weighted by atomic mass is 10.1. The molecular formula is C12H14N2O2S. The second-order valence-electron chi connectivity index (χ2n) is 4.55. The first-order chi connectivity index (χ1) is 7.84. The Morgan fingerprint density at radius 1 is 1.35 bits per heavy atom. The molecule has 90 valence electrons. The summed E-state index contributed by atoms with van der Waals surface area (Å²) in [5.41, 5.74) is 0.106. The van der Waals surface area contributed by atoms with Gasteiger partial charge in [-0.1, -0.05) is 17.7 Å². The van der Waals surface area contributed by atoms with Crippen LogP contribution in [0.25, 0.3) is 0 Å². The number of rotatable bonds is 2. The minimum absolute atomic E-state index is 0.244. The molecule has 3 unspecified atom stereocenters. The lowest BCUT2D eigenvalue weighted by Crippen LogP contribution is -2.19. The highest BCUT2D eigenvalue weighted by Gasteiger charge is 2.63. The van der Waals surface area contributed by atoms with Gasteiger partial charge in [0.15, 0.2) is 0 Å². The molecule has 0 aromatic heterocycles. The molecule has 0 radical (unpaired) electrons. The molecule has 1 fully saturated rings. The molecule has 1 aliphatic rings. The number of hydrogen-bond donors (Lipinski definition) is 0. The van der Waals surface area contributed by atoms with Crippen molar-refractivity contribution in [3.05, 3.63) is 29.8 Å². The highest BCUT2D eigenvalue weighted by atomic mass is 32.2. The summed E-state index contributed by atoms with van der Waals surface area (Å²) in [4.78, 5) is 0.244. The van der Waals surface area contributed by atoms with Gasteiger partial charge in [-0.3, -0.25) is 0 Å². The Kier molecular flexibility index (Phi) is 2.53. The van der Waals surface area contributed by atoms with E-state index in [2.05, 4.69) is 0 Å². The molecule has 0 aliphatic carbocycles. The Balaban J connectivity index is 2.41. The predicted octanol–water partition coefficient (Wildman–Crippen LogP) is 1.67. The summed E-state index contributed by atoms with van der Waals surface area (Å²) in [5, 5.41) is 9.00. The van der Waals surface area contributed by atoms with Crippen LogP contribution < -0.4 is 0 Å². The molecule has 3 atom stereocenters. The van der Waals surface area contributed by atoms with E-state index in [9.17, 15) is 8.42 Å². The van der Waals surface area contributed by atoms with Gasteiger partial charge in [-0.25, -0.2) is 8.42 Å². The van der Waals surface area contributed by atoms with Gasteiger partial charge < -0.3 is 0 Å². The fourth-order valence-corrected chi connectivity index (χ4v) is 3.92. The van der Waals surface area contributed by atoms with E-state index in [0.717, 1.165) is 5.56 Å². The second-order valence-corrected chi connectivity index (χ2v) is 6.36. The van der Waals surface area contributed by atoms with Crippen molar-refractivity contribution in [2.24, 2.45) is 0 Å². The zero-order valence-electron chi connectivity index (χ0n) is 10.0. The summed E-state index contributed by atoms with van der Waals surface area (Å²) < 4.78 is 25.8. The molecule has 5 heteroatoms. The smallest absolute Gasteiger partial charge is 0.207 e. The standard InChI is InChI=1S/C12H14N2O2S/c1-9-4-6-11(7-5-9)17(15,16)14-10(2)12(14,3)8-13/h4-7,10H,1-3H3. The minimum atomic E-state index is -3.54. The summed E-state index contributed by atoms with van der Waals surface area (Å²) >= 11 is 0. The van der Waals surface area contributed by atoms with Crippen molar-refractivity contribution in [2.45, 2.75) is 37.2 Å². The third kappa shape index (κ3) is 1.65. The van der Waals surface area contributed by atoms with Gasteiger partial charge in [0.05, 0.1) is 17.0 Å². The van der Waals surface area contributed by atoms with Crippen LogP contribution in [-0.2, 0) is 10.0 Å². The first-order valence-electron chi connectivity index (χ1n) is 5.36. The first-order valence-corrected chi connectivity index (χ1v) is 6.80. The Bertz CT molecular complexity index is 586. The Morgan fingerprint density at radius 2 is 1.88 bits per heavy atom. The quantitative estimate of drug-likeness (QED) is 0.750. The Labute approximate surface area is 102 Å². The van der Waals surface area contributed by atoms with Gasteiger partial charge in [0, 0.05) is 0 Å². The van der Waals surface area contributed by atoms with Crippen LogP contribution in [0.15, 0.2) is 29.2 Å². The van der Waals surface area contributed by atoms with Gasteiger partial charge in [0.2, 0.25) is 10.0 Å². The summed E-state index contributed by atoms with van der Waals surface area (Å²) in [7, 11) is -3.54. The van der Waals surface area contributed by atoms with Crippen LogP contribution >= 0.6 is 0 Å². The van der Waals surface area contributed by atoms with Gasteiger partial charge in [0.1, 0.15) is 5.54 Å². The van der Waals surface area contributed by atoms with E-state index < -0.39 is 15.6 Å². The minimum Gasteiger partial charge on any atom is -0.207 e. The van der Waals surface area contributed by atoms with Gasteiger partial charge in [0.25, 0.3) is 0 Å². The maximum atomic E-state index is 12.3. The van der Waals surface area contributed by atoms with Crippen LogP contribution in [0, 0.1) is 18.3 Å². The maximum Gasteiger partial charge on any atom is 0.244 e. The number of aryl methyl sites for hydroxylation is 1. The zero-order valence-corrected chi connectivity index (χ0v) is 10.8. The SMILES string of the molecule is Cc1ccc(S(=O)(=O)N2C(C)C2(C)C#N)cc1. The van der Waals surface area contributed by atoms with Gasteiger partial charge in [-0.05, 0) is 32.9 Å². The van der Waals surface area contributed by atoms with E-state index in [4.69, 9.17) is 5.26 Å². The second kappa shape index (κ2) is 3.56. The summed E-state index contributed by atoms with van der Waals surface area (Å²) in [5.74, 6) is 0. The van der Waals surface area contributed by atoms with Crippen molar-refractivity contribution in [1.29, 1.82) is 5.26 Å². The fourth-order valence-electron chi connectivity index (χ4n) is 1.94. The van der Waals surface area contributed by atoms with Crippen LogP contribution in [0.2, 0.25) is 0 Å². The molecule has 0 bridgehead atoms. The van der Waals surface area contributed by atoms with Gasteiger partial charge >= 0.3 is 0 Å². The molecule has 1 heterocycles. The number of nitrogens with zero attached hydrogens (tertiary/aromatic N) is 2. The number of hydrogen-bond acceptors (Lipinski definition) is 3. The Morgan fingerprint density at radius 3 is 2.29 bits per heavy atom. The lowest BCUT2D eigenvalue weighted by molar-refractivity contribution is 0.539. The van der Waals surface area contributed by atoms with Crippen LogP contribution in [0.1, 0.15) is 19.4 Å². The van der Waals surface area contributed by atoms with Crippen molar-refractivity contribution in [2.75, 3.05) is 0 Å². The fraction of sp³-hybridized carbons (Fsp3) is 0.417. The molecule has 0 N–H and O–H groups in total. The molecule has 2 rings (SSSR count). The molecule has 1 aromatic carbocycles. The van der Waals surface area contributed by atoms with E-state index in [-0.39, 0.29) is 10.9 Å². The predicted molar refractivity (Wildman–Crippen MR) is 63.7 cm³/mol. The van der Waals surface area contributed by atoms with E-state index in [1.807, 2.05) is 13.0 Å². The summed E-state index contributed by atoms with van der Waals surface area (Å²) in [6.07, 6.45) is 0. The third-order valence-electron chi connectivity index (χ3n) is 3.36. The van der Waals surface area contributed by atoms with Crippen molar-refractivity contribution < 1.29 is 8.42 Å². The molecule has 1 saturated heterocycles. The summed E-state index contributed by atoms with van der Waals surface area (Å²) in [6.45, 7) is 5.29. The van der Waals surface area contributed by atoms with Gasteiger partial charge in [-0.2, -0.15) is 9.57 Å². The summed E-state index contributed by atoms with van der Waals surface area (Å²) in [6, 6.07) is 8.45. The van der Waals surface area contributed by atoms with E-state index >= 15 is 0 Å². The normalized spacial score (nSPS) is 31.9. The molecule has 0 spiro atoms. The highest BCUT2D eigenvalue weighted by molar-refractivity contribution is 7.89. The van der Waals surface area contributed by atoms with Gasteiger partial charge in [-0.15, -0.1) is 0 Å².